The van der Waals surface area contributed by atoms with Gasteiger partial charge in [-0.2, -0.15) is 0 Å². The molecule has 1 heterocycles. The van der Waals surface area contributed by atoms with Gasteiger partial charge >= 0.3 is 0 Å². The van der Waals surface area contributed by atoms with Crippen molar-refractivity contribution >= 4 is 23.2 Å². The Balaban J connectivity index is 2.10. The largest absolute Gasteiger partial charge is 0.460 e. The molecule has 0 radical (unpaired) electrons. The Morgan fingerprint density at radius 1 is 1.26 bits per heavy atom. The highest BCUT2D eigenvalue weighted by Gasteiger charge is 2.10. The number of benzene rings is 1. The van der Waals surface area contributed by atoms with Crippen molar-refractivity contribution in [1.82, 2.24) is 5.32 Å². The zero-order valence-electron chi connectivity index (χ0n) is 10.5. The van der Waals surface area contributed by atoms with Crippen molar-refractivity contribution in [2.24, 2.45) is 0 Å². The molecule has 0 aliphatic rings. The maximum atomic E-state index is 9.16. The van der Waals surface area contributed by atoms with E-state index < -0.39 is 0 Å². The average Bonchev–Trinajstić information content (AvgIpc) is 2.81. The van der Waals surface area contributed by atoms with Gasteiger partial charge in [0.25, 0.3) is 0 Å². The van der Waals surface area contributed by atoms with Gasteiger partial charge in [0.2, 0.25) is 0 Å². The molecule has 102 valence electrons. The molecular formula is C14H15Cl2NO2. The fourth-order valence-electron chi connectivity index (χ4n) is 1.72. The Bertz CT molecular complexity index is 552. The van der Waals surface area contributed by atoms with Gasteiger partial charge in [-0.15, -0.1) is 0 Å². The smallest absolute Gasteiger partial charge is 0.135 e. The summed E-state index contributed by atoms with van der Waals surface area (Å²) in [6.07, 6.45) is -0.378. The highest BCUT2D eigenvalue weighted by atomic mass is 35.5. The number of rotatable bonds is 5. The van der Waals surface area contributed by atoms with Gasteiger partial charge < -0.3 is 14.8 Å². The van der Waals surface area contributed by atoms with E-state index in [4.69, 9.17) is 32.7 Å². The molecule has 1 aromatic carbocycles. The predicted molar refractivity (Wildman–Crippen MR) is 77.6 cm³/mol. The summed E-state index contributed by atoms with van der Waals surface area (Å²) >= 11 is 12.1. The zero-order chi connectivity index (χ0) is 13.8. The lowest BCUT2D eigenvalue weighted by molar-refractivity contribution is 0.190. The minimum Gasteiger partial charge on any atom is -0.460 e. The highest BCUT2D eigenvalue weighted by Crippen LogP contribution is 2.34. The molecule has 3 nitrogen and oxygen atoms in total. The molecule has 0 spiro atoms. The summed E-state index contributed by atoms with van der Waals surface area (Å²) in [6.45, 7) is 2.81. The molecule has 2 rings (SSSR count). The first-order valence-electron chi connectivity index (χ1n) is 6.00. The van der Waals surface area contributed by atoms with Gasteiger partial charge in [0.05, 0.1) is 22.7 Å². The first kappa shape index (κ1) is 14.4. The van der Waals surface area contributed by atoms with Crippen molar-refractivity contribution in [3.05, 3.63) is 46.1 Å². The quantitative estimate of drug-likeness (QED) is 0.884. The number of nitrogens with one attached hydrogen (secondary N) is 1. The number of hydrogen-bond acceptors (Lipinski definition) is 3. The van der Waals surface area contributed by atoms with E-state index in [1.807, 2.05) is 24.3 Å². The van der Waals surface area contributed by atoms with Crippen molar-refractivity contribution < 1.29 is 9.52 Å². The van der Waals surface area contributed by atoms with Crippen LogP contribution in [-0.4, -0.2) is 17.8 Å². The predicted octanol–water partition coefficient (Wildman–Crippen LogP) is 3.72. The van der Waals surface area contributed by atoms with Crippen LogP contribution in [0.15, 0.2) is 34.7 Å². The summed E-state index contributed by atoms with van der Waals surface area (Å²) in [5, 5.41) is 13.2. The van der Waals surface area contributed by atoms with Crippen LogP contribution in [0.5, 0.6) is 0 Å². The lowest BCUT2D eigenvalue weighted by Gasteiger charge is -2.05. The van der Waals surface area contributed by atoms with Crippen molar-refractivity contribution in [3.8, 4) is 11.3 Å². The summed E-state index contributed by atoms with van der Waals surface area (Å²) in [7, 11) is 0. The van der Waals surface area contributed by atoms with E-state index in [-0.39, 0.29) is 6.10 Å². The molecule has 0 saturated carbocycles. The number of aliphatic hydroxyl groups excluding tert-OH is 1. The van der Waals surface area contributed by atoms with Crippen molar-refractivity contribution in [2.75, 3.05) is 6.54 Å². The van der Waals surface area contributed by atoms with Gasteiger partial charge in [-0.1, -0.05) is 29.3 Å². The van der Waals surface area contributed by atoms with Crippen molar-refractivity contribution in [1.29, 1.82) is 0 Å². The monoisotopic (exact) mass is 299 g/mol. The Hall–Kier alpha value is -1.000. The Morgan fingerprint density at radius 3 is 2.79 bits per heavy atom. The highest BCUT2D eigenvalue weighted by molar-refractivity contribution is 6.43. The summed E-state index contributed by atoms with van der Waals surface area (Å²) in [5.74, 6) is 1.47. The molecule has 0 aliphatic carbocycles. The second-order valence-electron chi connectivity index (χ2n) is 4.35. The SMILES string of the molecule is C[C@H](O)CNCc1ccc(-c2cccc(Cl)c2Cl)o1. The van der Waals surface area contributed by atoms with E-state index in [9.17, 15) is 0 Å². The third-order valence-corrected chi connectivity index (χ3v) is 3.44. The van der Waals surface area contributed by atoms with Gasteiger partial charge in [0.1, 0.15) is 11.5 Å². The van der Waals surface area contributed by atoms with E-state index >= 15 is 0 Å². The Kier molecular flexibility index (Phi) is 4.88. The second kappa shape index (κ2) is 6.44. The molecule has 0 aliphatic heterocycles. The fraction of sp³-hybridized carbons (Fsp3) is 0.286. The lowest BCUT2D eigenvalue weighted by atomic mass is 10.2. The van der Waals surface area contributed by atoms with Crippen LogP contribution in [0.1, 0.15) is 12.7 Å². The molecule has 2 aromatic rings. The number of aliphatic hydroxyl groups is 1. The van der Waals surface area contributed by atoms with E-state index in [0.717, 1.165) is 11.3 Å². The van der Waals surface area contributed by atoms with Crippen LogP contribution in [0.2, 0.25) is 10.0 Å². The van der Waals surface area contributed by atoms with E-state index in [0.29, 0.717) is 28.9 Å². The number of furan rings is 1. The molecule has 19 heavy (non-hydrogen) atoms. The number of hydrogen-bond donors (Lipinski definition) is 2. The van der Waals surface area contributed by atoms with Crippen molar-refractivity contribution in [2.45, 2.75) is 19.6 Å². The first-order chi connectivity index (χ1) is 9.08. The second-order valence-corrected chi connectivity index (χ2v) is 5.13. The zero-order valence-corrected chi connectivity index (χ0v) is 12.0. The topological polar surface area (TPSA) is 45.4 Å². The third kappa shape index (κ3) is 3.74. The van der Waals surface area contributed by atoms with Crippen LogP contribution in [0.25, 0.3) is 11.3 Å². The molecule has 0 fully saturated rings. The fourth-order valence-corrected chi connectivity index (χ4v) is 2.11. The maximum absolute atomic E-state index is 9.16. The van der Waals surface area contributed by atoms with E-state index in [1.165, 1.54) is 0 Å². The molecule has 0 unspecified atom stereocenters. The minimum absolute atomic E-state index is 0.378. The summed E-state index contributed by atoms with van der Waals surface area (Å²) < 4.78 is 5.70. The van der Waals surface area contributed by atoms with Gasteiger partial charge in [-0.3, -0.25) is 0 Å². The molecule has 0 bridgehead atoms. The summed E-state index contributed by atoms with van der Waals surface area (Å²) in [6, 6.07) is 9.16. The minimum atomic E-state index is -0.378. The van der Waals surface area contributed by atoms with Crippen LogP contribution in [-0.2, 0) is 6.54 Å². The molecule has 5 heteroatoms. The normalized spacial score (nSPS) is 12.6. The lowest BCUT2D eigenvalue weighted by Crippen LogP contribution is -2.23. The van der Waals surface area contributed by atoms with Crippen LogP contribution in [0.3, 0.4) is 0 Å². The first-order valence-corrected chi connectivity index (χ1v) is 6.75. The van der Waals surface area contributed by atoms with Gasteiger partial charge in [-0.05, 0) is 31.2 Å². The van der Waals surface area contributed by atoms with Crippen LogP contribution < -0.4 is 5.32 Å². The van der Waals surface area contributed by atoms with Crippen molar-refractivity contribution in [3.63, 3.8) is 0 Å². The molecule has 2 N–H and O–H groups in total. The molecule has 0 amide bonds. The summed E-state index contributed by atoms with van der Waals surface area (Å²) in [4.78, 5) is 0. The van der Waals surface area contributed by atoms with Crippen LogP contribution >= 0.6 is 23.2 Å². The van der Waals surface area contributed by atoms with Gasteiger partial charge in [0.15, 0.2) is 0 Å². The molecular weight excluding hydrogens is 285 g/mol. The average molecular weight is 300 g/mol. The summed E-state index contributed by atoms with van der Waals surface area (Å²) in [5.41, 5.74) is 0.774. The van der Waals surface area contributed by atoms with Crippen LogP contribution in [0.4, 0.5) is 0 Å². The standard InChI is InChI=1S/C14H15Cl2NO2/c1-9(18)7-17-8-10-5-6-13(19-10)11-3-2-4-12(15)14(11)16/h2-6,9,17-18H,7-8H2,1H3/t9-/m0/s1. The Labute approximate surface area is 122 Å². The Morgan fingerprint density at radius 2 is 2.05 bits per heavy atom. The van der Waals surface area contributed by atoms with Crippen LogP contribution in [0, 0.1) is 0 Å². The molecule has 0 saturated heterocycles. The van der Waals surface area contributed by atoms with Gasteiger partial charge in [-0.25, -0.2) is 0 Å². The maximum Gasteiger partial charge on any atom is 0.135 e. The molecule has 1 aromatic heterocycles. The van der Waals surface area contributed by atoms with Gasteiger partial charge in [0, 0.05) is 12.1 Å². The molecule has 1 atom stereocenters. The third-order valence-electron chi connectivity index (χ3n) is 2.62. The van der Waals surface area contributed by atoms with E-state index in [2.05, 4.69) is 5.32 Å². The number of halogens is 2. The van der Waals surface area contributed by atoms with E-state index in [1.54, 1.807) is 13.0 Å².